The molecule has 1 aromatic rings. The van der Waals surface area contributed by atoms with Gasteiger partial charge in [-0.1, -0.05) is 11.6 Å². The number of aromatic nitrogens is 2. The molecule has 0 saturated heterocycles. The van der Waals surface area contributed by atoms with E-state index in [2.05, 4.69) is 25.9 Å². The zero-order valence-corrected chi connectivity index (χ0v) is 8.18. The van der Waals surface area contributed by atoms with Gasteiger partial charge in [-0.3, -0.25) is 0 Å². The quantitative estimate of drug-likeness (QED) is 0.738. The Labute approximate surface area is 77.9 Å². The van der Waals surface area contributed by atoms with E-state index in [1.54, 1.807) is 7.11 Å². The third-order valence-corrected chi connectivity index (χ3v) is 2.45. The molecule has 0 N–H and O–H groups in total. The van der Waals surface area contributed by atoms with Crippen LogP contribution in [0.4, 0.5) is 0 Å². The molecule has 0 aliphatic rings. The monoisotopic (exact) mass is 236 g/mol. The molecule has 0 aromatic carbocycles. The third-order valence-electron chi connectivity index (χ3n) is 1.10. The highest BCUT2D eigenvalue weighted by Gasteiger charge is 2.04. The van der Waals surface area contributed by atoms with Crippen LogP contribution in [0.15, 0.2) is 10.8 Å². The summed E-state index contributed by atoms with van der Waals surface area (Å²) in [7, 11) is 1.60. The Kier molecular flexibility index (Phi) is 3.23. The molecule has 0 bridgehead atoms. The number of hydrogen-bond acceptors (Lipinski definition) is 3. The van der Waals surface area contributed by atoms with Crippen LogP contribution in [0.3, 0.4) is 0 Å². The van der Waals surface area contributed by atoms with Crippen molar-refractivity contribution in [2.45, 2.75) is 6.61 Å². The van der Waals surface area contributed by atoms with Crippen molar-refractivity contribution in [1.29, 1.82) is 0 Å². The van der Waals surface area contributed by atoms with Crippen molar-refractivity contribution >= 4 is 27.5 Å². The van der Waals surface area contributed by atoms with E-state index in [0.717, 1.165) is 5.69 Å². The number of rotatable bonds is 2. The summed E-state index contributed by atoms with van der Waals surface area (Å²) < 4.78 is 5.58. The van der Waals surface area contributed by atoms with E-state index in [-0.39, 0.29) is 0 Å². The average molecular weight is 237 g/mol. The molecule has 1 rings (SSSR count). The molecule has 0 aliphatic carbocycles. The fraction of sp³-hybridized carbons (Fsp3) is 0.333. The Morgan fingerprint density at radius 2 is 2.36 bits per heavy atom. The summed E-state index contributed by atoms with van der Waals surface area (Å²) in [5.74, 6) is 0. The molecule has 0 unspecified atom stereocenters. The van der Waals surface area contributed by atoms with E-state index < -0.39 is 0 Å². The van der Waals surface area contributed by atoms with Crippen LogP contribution in [0.25, 0.3) is 0 Å². The standard InChI is InChI=1S/C6H6BrClN2O/c1-11-2-4-5(7)6(8)10-3-9-4/h3H,2H2,1H3. The van der Waals surface area contributed by atoms with Gasteiger partial charge in [-0.25, -0.2) is 9.97 Å². The van der Waals surface area contributed by atoms with E-state index >= 15 is 0 Å². The summed E-state index contributed by atoms with van der Waals surface area (Å²) in [5, 5.41) is 0.409. The molecule has 5 heteroatoms. The van der Waals surface area contributed by atoms with Gasteiger partial charge in [0.1, 0.15) is 11.5 Å². The summed E-state index contributed by atoms with van der Waals surface area (Å²) in [6.45, 7) is 0.433. The van der Waals surface area contributed by atoms with Gasteiger partial charge in [-0.15, -0.1) is 0 Å². The average Bonchev–Trinajstić information content (AvgIpc) is 1.99. The molecule has 0 spiro atoms. The Morgan fingerprint density at radius 1 is 1.64 bits per heavy atom. The highest BCUT2D eigenvalue weighted by atomic mass is 79.9. The lowest BCUT2D eigenvalue weighted by atomic mass is 10.4. The second-order valence-electron chi connectivity index (χ2n) is 1.86. The number of ether oxygens (including phenoxy) is 1. The maximum Gasteiger partial charge on any atom is 0.146 e. The predicted octanol–water partition coefficient (Wildman–Crippen LogP) is 2.04. The smallest absolute Gasteiger partial charge is 0.146 e. The molecule has 0 aliphatic heterocycles. The minimum atomic E-state index is 0.409. The molecule has 0 atom stereocenters. The Bertz CT molecular complexity index is 256. The van der Waals surface area contributed by atoms with Crippen LogP contribution >= 0.6 is 27.5 Å². The summed E-state index contributed by atoms with van der Waals surface area (Å²) in [4.78, 5) is 7.73. The van der Waals surface area contributed by atoms with Crippen LogP contribution < -0.4 is 0 Å². The largest absolute Gasteiger partial charge is 0.378 e. The van der Waals surface area contributed by atoms with Gasteiger partial charge in [0, 0.05) is 7.11 Å². The van der Waals surface area contributed by atoms with Crippen molar-refractivity contribution in [2.75, 3.05) is 7.11 Å². The van der Waals surface area contributed by atoms with Gasteiger partial charge in [0.15, 0.2) is 0 Å². The van der Waals surface area contributed by atoms with Crippen molar-refractivity contribution in [3.05, 3.63) is 21.6 Å². The highest BCUT2D eigenvalue weighted by molar-refractivity contribution is 9.10. The molecule has 1 aromatic heterocycles. The second-order valence-corrected chi connectivity index (χ2v) is 3.01. The highest BCUT2D eigenvalue weighted by Crippen LogP contribution is 2.22. The first kappa shape index (κ1) is 8.90. The molecule has 0 radical (unpaired) electrons. The lowest BCUT2D eigenvalue weighted by Crippen LogP contribution is -1.95. The van der Waals surface area contributed by atoms with Gasteiger partial charge in [-0.05, 0) is 15.9 Å². The Hall–Kier alpha value is -0.190. The van der Waals surface area contributed by atoms with Gasteiger partial charge in [-0.2, -0.15) is 0 Å². The van der Waals surface area contributed by atoms with Crippen molar-refractivity contribution < 1.29 is 4.74 Å². The van der Waals surface area contributed by atoms with Crippen LogP contribution in [0, 0.1) is 0 Å². The van der Waals surface area contributed by atoms with Gasteiger partial charge in [0.05, 0.1) is 16.8 Å². The van der Waals surface area contributed by atoms with E-state index in [0.29, 0.717) is 16.2 Å². The summed E-state index contributed by atoms with van der Waals surface area (Å²) in [5.41, 5.74) is 0.757. The van der Waals surface area contributed by atoms with Gasteiger partial charge < -0.3 is 4.74 Å². The fourth-order valence-corrected chi connectivity index (χ4v) is 1.09. The normalized spacial score (nSPS) is 10.1. The minimum Gasteiger partial charge on any atom is -0.378 e. The van der Waals surface area contributed by atoms with E-state index in [4.69, 9.17) is 16.3 Å². The lowest BCUT2D eigenvalue weighted by molar-refractivity contribution is 0.181. The molecular weight excluding hydrogens is 231 g/mol. The van der Waals surface area contributed by atoms with E-state index in [1.807, 2.05) is 0 Å². The summed E-state index contributed by atoms with van der Waals surface area (Å²) in [6.07, 6.45) is 1.40. The number of methoxy groups -OCH3 is 1. The second kappa shape index (κ2) is 3.99. The molecule has 0 amide bonds. The van der Waals surface area contributed by atoms with Crippen molar-refractivity contribution in [3.8, 4) is 0 Å². The van der Waals surface area contributed by atoms with Gasteiger partial charge in [0.2, 0.25) is 0 Å². The molecule has 1 heterocycles. The minimum absolute atomic E-state index is 0.409. The molecule has 3 nitrogen and oxygen atoms in total. The van der Waals surface area contributed by atoms with Crippen molar-refractivity contribution in [1.82, 2.24) is 9.97 Å². The fourth-order valence-electron chi connectivity index (χ4n) is 0.619. The predicted molar refractivity (Wildman–Crippen MR) is 45.5 cm³/mol. The Morgan fingerprint density at radius 3 is 3.00 bits per heavy atom. The van der Waals surface area contributed by atoms with Crippen molar-refractivity contribution in [2.24, 2.45) is 0 Å². The molecule has 60 valence electrons. The van der Waals surface area contributed by atoms with E-state index in [1.165, 1.54) is 6.33 Å². The number of hydrogen-bond donors (Lipinski definition) is 0. The first-order chi connectivity index (χ1) is 5.25. The van der Waals surface area contributed by atoms with Crippen LogP contribution in [-0.2, 0) is 11.3 Å². The maximum atomic E-state index is 5.70. The van der Waals surface area contributed by atoms with Crippen molar-refractivity contribution in [3.63, 3.8) is 0 Å². The molecule has 11 heavy (non-hydrogen) atoms. The first-order valence-corrected chi connectivity index (χ1v) is 4.06. The van der Waals surface area contributed by atoms with Crippen LogP contribution in [0.2, 0.25) is 5.15 Å². The summed E-state index contributed by atoms with van der Waals surface area (Å²) >= 11 is 8.94. The van der Waals surface area contributed by atoms with Crippen LogP contribution in [0.5, 0.6) is 0 Å². The van der Waals surface area contributed by atoms with Gasteiger partial charge in [0.25, 0.3) is 0 Å². The van der Waals surface area contributed by atoms with Gasteiger partial charge >= 0.3 is 0 Å². The maximum absolute atomic E-state index is 5.70. The molecule has 0 fully saturated rings. The zero-order valence-electron chi connectivity index (χ0n) is 5.84. The number of nitrogens with zero attached hydrogens (tertiary/aromatic N) is 2. The van der Waals surface area contributed by atoms with Crippen LogP contribution in [-0.4, -0.2) is 17.1 Å². The lowest BCUT2D eigenvalue weighted by Gasteiger charge is -2.01. The SMILES string of the molecule is COCc1ncnc(Cl)c1Br. The topological polar surface area (TPSA) is 35.0 Å². The molecular formula is C6H6BrClN2O. The summed E-state index contributed by atoms with van der Waals surface area (Å²) in [6, 6.07) is 0. The Balaban J connectivity index is 2.96. The van der Waals surface area contributed by atoms with E-state index in [9.17, 15) is 0 Å². The number of halogens is 2. The first-order valence-electron chi connectivity index (χ1n) is 2.89. The third kappa shape index (κ3) is 2.12. The zero-order chi connectivity index (χ0) is 8.27. The molecule has 0 saturated carbocycles. The van der Waals surface area contributed by atoms with Crippen LogP contribution in [0.1, 0.15) is 5.69 Å².